The summed E-state index contributed by atoms with van der Waals surface area (Å²) in [7, 11) is 0. The average molecular weight is 287 g/mol. The van der Waals surface area contributed by atoms with Crippen LogP contribution in [0.3, 0.4) is 0 Å². The molecule has 4 nitrogen and oxygen atoms in total. The standard InChI is InChI=1S/C18H13N3O/c1-12-16(11-19)18(22)21-20-17(12)9-7-13-6-8-14-4-2-3-5-15(14)10-13/h2-10H,1H3,(H,21,22)/b9-7-. The lowest BCUT2D eigenvalue weighted by Crippen LogP contribution is -2.15. The highest BCUT2D eigenvalue weighted by Gasteiger charge is 2.07. The number of aromatic nitrogens is 2. The summed E-state index contributed by atoms with van der Waals surface area (Å²) in [5.41, 5.74) is 1.85. The number of rotatable bonds is 2. The maximum absolute atomic E-state index is 11.5. The fraction of sp³-hybridized carbons (Fsp3) is 0.0556. The summed E-state index contributed by atoms with van der Waals surface area (Å²) in [4.78, 5) is 11.5. The molecule has 0 saturated carbocycles. The molecular formula is C18H13N3O. The number of nitriles is 1. The fourth-order valence-corrected chi connectivity index (χ4v) is 2.33. The van der Waals surface area contributed by atoms with Crippen LogP contribution >= 0.6 is 0 Å². The Morgan fingerprint density at radius 2 is 1.91 bits per heavy atom. The predicted octanol–water partition coefficient (Wildman–Crippen LogP) is 3.27. The average Bonchev–Trinajstić information content (AvgIpc) is 2.54. The molecule has 0 spiro atoms. The van der Waals surface area contributed by atoms with Gasteiger partial charge in [0.15, 0.2) is 0 Å². The maximum atomic E-state index is 11.5. The minimum atomic E-state index is -0.456. The summed E-state index contributed by atoms with van der Waals surface area (Å²) in [6, 6.07) is 16.2. The van der Waals surface area contributed by atoms with Crippen LogP contribution in [-0.2, 0) is 0 Å². The number of aromatic amines is 1. The quantitative estimate of drug-likeness (QED) is 0.786. The molecule has 0 unspecified atom stereocenters. The lowest BCUT2D eigenvalue weighted by molar-refractivity contribution is 0.952. The number of hydrogen-bond donors (Lipinski definition) is 1. The van der Waals surface area contributed by atoms with Gasteiger partial charge in [-0.3, -0.25) is 4.79 Å². The second-order valence-corrected chi connectivity index (χ2v) is 4.99. The number of nitrogens with zero attached hydrogens (tertiary/aromatic N) is 2. The Hall–Kier alpha value is -3.19. The van der Waals surface area contributed by atoms with Crippen molar-refractivity contribution in [3.63, 3.8) is 0 Å². The molecule has 0 aliphatic carbocycles. The van der Waals surface area contributed by atoms with Crippen molar-refractivity contribution in [3.8, 4) is 6.07 Å². The highest BCUT2D eigenvalue weighted by atomic mass is 16.1. The first-order valence-electron chi connectivity index (χ1n) is 6.85. The van der Waals surface area contributed by atoms with E-state index in [0.717, 1.165) is 10.9 Å². The van der Waals surface area contributed by atoms with E-state index in [9.17, 15) is 4.79 Å². The van der Waals surface area contributed by atoms with Crippen LogP contribution in [0.15, 0.2) is 47.3 Å². The smallest absolute Gasteiger partial charge is 0.267 e. The molecule has 0 bridgehead atoms. The van der Waals surface area contributed by atoms with Gasteiger partial charge in [0.05, 0.1) is 5.69 Å². The maximum Gasteiger partial charge on any atom is 0.282 e. The first-order chi connectivity index (χ1) is 10.7. The van der Waals surface area contributed by atoms with E-state index in [1.165, 1.54) is 5.39 Å². The zero-order chi connectivity index (χ0) is 15.5. The summed E-state index contributed by atoms with van der Waals surface area (Å²) in [6.45, 7) is 1.72. The van der Waals surface area contributed by atoms with E-state index in [-0.39, 0.29) is 5.56 Å². The molecule has 1 heterocycles. The molecule has 22 heavy (non-hydrogen) atoms. The van der Waals surface area contributed by atoms with E-state index >= 15 is 0 Å². The number of hydrogen-bond acceptors (Lipinski definition) is 3. The number of fused-ring (bicyclic) bond motifs is 1. The van der Waals surface area contributed by atoms with Gasteiger partial charge in [0.25, 0.3) is 5.56 Å². The second kappa shape index (κ2) is 5.66. The van der Waals surface area contributed by atoms with Crippen LogP contribution in [0.2, 0.25) is 0 Å². The van der Waals surface area contributed by atoms with E-state index in [4.69, 9.17) is 5.26 Å². The van der Waals surface area contributed by atoms with Crippen LogP contribution in [0.25, 0.3) is 22.9 Å². The summed E-state index contributed by atoms with van der Waals surface area (Å²) >= 11 is 0. The molecule has 3 aromatic rings. The van der Waals surface area contributed by atoms with Gasteiger partial charge < -0.3 is 0 Å². The van der Waals surface area contributed by atoms with Crippen LogP contribution < -0.4 is 5.56 Å². The zero-order valence-electron chi connectivity index (χ0n) is 12.0. The first-order valence-corrected chi connectivity index (χ1v) is 6.85. The minimum absolute atomic E-state index is 0.105. The molecule has 0 saturated heterocycles. The third kappa shape index (κ3) is 2.52. The highest BCUT2D eigenvalue weighted by Crippen LogP contribution is 2.17. The first kappa shape index (κ1) is 13.8. The van der Waals surface area contributed by atoms with Crippen LogP contribution in [0.4, 0.5) is 0 Å². The lowest BCUT2D eigenvalue weighted by Gasteiger charge is -2.01. The SMILES string of the molecule is Cc1c(/C=C\c2ccc3ccccc3c2)n[nH]c(=O)c1C#N. The normalized spacial score (nSPS) is 10.9. The second-order valence-electron chi connectivity index (χ2n) is 4.99. The van der Waals surface area contributed by atoms with Crippen LogP contribution in [0, 0.1) is 18.3 Å². The monoisotopic (exact) mass is 287 g/mol. The summed E-state index contributed by atoms with van der Waals surface area (Å²) in [6.07, 6.45) is 3.72. The van der Waals surface area contributed by atoms with Crippen molar-refractivity contribution >= 4 is 22.9 Å². The molecule has 1 N–H and O–H groups in total. The summed E-state index contributed by atoms with van der Waals surface area (Å²) < 4.78 is 0. The van der Waals surface area contributed by atoms with E-state index in [0.29, 0.717) is 11.3 Å². The van der Waals surface area contributed by atoms with Crippen molar-refractivity contribution in [2.45, 2.75) is 6.92 Å². The topological polar surface area (TPSA) is 69.5 Å². The van der Waals surface area contributed by atoms with Crippen molar-refractivity contribution in [2.75, 3.05) is 0 Å². The van der Waals surface area contributed by atoms with Crippen molar-refractivity contribution in [2.24, 2.45) is 0 Å². The largest absolute Gasteiger partial charge is 0.282 e. The molecule has 0 aliphatic rings. The third-order valence-corrected chi connectivity index (χ3v) is 3.58. The lowest BCUT2D eigenvalue weighted by atomic mass is 10.1. The van der Waals surface area contributed by atoms with Gasteiger partial charge in [0.2, 0.25) is 0 Å². The Morgan fingerprint density at radius 3 is 2.68 bits per heavy atom. The van der Waals surface area contributed by atoms with E-state index in [1.807, 2.05) is 30.3 Å². The predicted molar refractivity (Wildman–Crippen MR) is 87.2 cm³/mol. The molecule has 4 heteroatoms. The summed E-state index contributed by atoms with van der Waals surface area (Å²) in [5.74, 6) is 0. The van der Waals surface area contributed by atoms with Crippen molar-refractivity contribution in [1.29, 1.82) is 5.26 Å². The van der Waals surface area contributed by atoms with Gasteiger partial charge in [-0.15, -0.1) is 0 Å². The summed E-state index contributed by atoms with van der Waals surface area (Å²) in [5, 5.41) is 17.7. The van der Waals surface area contributed by atoms with Gasteiger partial charge >= 0.3 is 0 Å². The van der Waals surface area contributed by atoms with Gasteiger partial charge in [-0.2, -0.15) is 10.4 Å². The van der Waals surface area contributed by atoms with Gasteiger partial charge in [-0.25, -0.2) is 5.10 Å². The molecule has 0 radical (unpaired) electrons. The van der Waals surface area contributed by atoms with Gasteiger partial charge in [0, 0.05) is 0 Å². The van der Waals surface area contributed by atoms with E-state index in [1.54, 1.807) is 13.0 Å². The van der Waals surface area contributed by atoms with E-state index in [2.05, 4.69) is 34.5 Å². The molecule has 2 aromatic carbocycles. The van der Waals surface area contributed by atoms with Gasteiger partial charge in [0.1, 0.15) is 11.6 Å². The van der Waals surface area contributed by atoms with Gasteiger partial charge in [-0.05, 0) is 41.0 Å². The van der Waals surface area contributed by atoms with E-state index < -0.39 is 5.56 Å². The number of nitrogens with one attached hydrogen (secondary N) is 1. The van der Waals surface area contributed by atoms with Crippen molar-refractivity contribution in [1.82, 2.24) is 10.2 Å². The third-order valence-electron chi connectivity index (χ3n) is 3.58. The Morgan fingerprint density at radius 1 is 1.14 bits per heavy atom. The van der Waals surface area contributed by atoms with Crippen molar-refractivity contribution < 1.29 is 0 Å². The van der Waals surface area contributed by atoms with Crippen LogP contribution in [0.1, 0.15) is 22.4 Å². The molecule has 0 fully saturated rings. The highest BCUT2D eigenvalue weighted by molar-refractivity contribution is 5.85. The molecule has 106 valence electrons. The Kier molecular flexibility index (Phi) is 3.55. The zero-order valence-corrected chi connectivity index (χ0v) is 12.0. The molecule has 3 rings (SSSR count). The van der Waals surface area contributed by atoms with Crippen LogP contribution in [0.5, 0.6) is 0 Å². The molecule has 0 amide bonds. The molecule has 0 aliphatic heterocycles. The Bertz CT molecular complexity index is 978. The molecular weight excluding hydrogens is 274 g/mol. The van der Waals surface area contributed by atoms with Crippen molar-refractivity contribution in [3.05, 3.63) is 75.2 Å². The Balaban J connectivity index is 2.00. The number of H-pyrrole nitrogens is 1. The molecule has 1 aromatic heterocycles. The fourth-order valence-electron chi connectivity index (χ4n) is 2.33. The number of benzene rings is 2. The molecule has 0 atom stereocenters. The van der Waals surface area contributed by atoms with Gasteiger partial charge in [-0.1, -0.05) is 42.5 Å². The van der Waals surface area contributed by atoms with Crippen LogP contribution in [-0.4, -0.2) is 10.2 Å². The Labute approximate surface area is 127 Å². The minimum Gasteiger partial charge on any atom is -0.267 e.